The zero-order chi connectivity index (χ0) is 31.5. The van der Waals surface area contributed by atoms with Crippen LogP contribution in [0.1, 0.15) is 87.6 Å². The van der Waals surface area contributed by atoms with E-state index in [1.54, 1.807) is 36.9 Å². The van der Waals surface area contributed by atoms with Crippen LogP contribution in [0.2, 0.25) is 0 Å². The summed E-state index contributed by atoms with van der Waals surface area (Å²) in [4.78, 5) is 15.1. The van der Waals surface area contributed by atoms with Gasteiger partial charge in [-0.05, 0) is 78.1 Å². The number of aldehydes is 1. The minimum atomic E-state index is 0.457. The Balaban J connectivity index is -0.000000646. The lowest BCUT2D eigenvalue weighted by Gasteiger charge is -2.26. The summed E-state index contributed by atoms with van der Waals surface area (Å²) in [5.74, 6) is 0.457. The first-order chi connectivity index (χ1) is 19.1. The summed E-state index contributed by atoms with van der Waals surface area (Å²) in [5, 5.41) is 11.5. The first-order valence-corrected chi connectivity index (χ1v) is 15.3. The van der Waals surface area contributed by atoms with Crippen LogP contribution in [0.3, 0.4) is 0 Å². The lowest BCUT2D eigenvalue weighted by molar-refractivity contribution is -0.104. The lowest BCUT2D eigenvalue weighted by atomic mass is 10.0. The van der Waals surface area contributed by atoms with Crippen molar-refractivity contribution in [3.05, 3.63) is 89.0 Å². The molecule has 0 radical (unpaired) electrons. The first kappa shape index (κ1) is 41.8. The third-order valence-corrected chi connectivity index (χ3v) is 6.37. The zero-order valence-electron chi connectivity index (χ0n) is 27.5. The molecule has 0 aliphatic carbocycles. The van der Waals surface area contributed by atoms with E-state index < -0.39 is 0 Å². The molecule has 1 aromatic rings. The zero-order valence-corrected chi connectivity index (χ0v) is 28.3. The van der Waals surface area contributed by atoms with Gasteiger partial charge in [-0.2, -0.15) is 0 Å². The van der Waals surface area contributed by atoms with Gasteiger partial charge in [0.05, 0.1) is 0 Å². The lowest BCUT2D eigenvalue weighted by Crippen LogP contribution is -2.30. The van der Waals surface area contributed by atoms with Crippen molar-refractivity contribution >= 4 is 23.8 Å². The molecule has 1 rings (SSSR count). The van der Waals surface area contributed by atoms with Gasteiger partial charge in [0.25, 0.3) is 0 Å². The van der Waals surface area contributed by atoms with Gasteiger partial charge in [-0.1, -0.05) is 95.0 Å². The maximum atomic E-state index is 10.7. The molecule has 4 nitrogen and oxygen atoms in total. The number of hydrogen-bond acceptors (Lipinski definition) is 5. The third-order valence-electron chi connectivity index (χ3n) is 5.26. The second kappa shape index (κ2) is 27.9. The molecule has 0 saturated heterocycles. The van der Waals surface area contributed by atoms with Crippen molar-refractivity contribution in [1.82, 2.24) is 10.2 Å². The number of nitrogens with one attached hydrogen (secondary N) is 2. The third kappa shape index (κ3) is 20.3. The van der Waals surface area contributed by atoms with Crippen molar-refractivity contribution in [2.24, 2.45) is 5.92 Å². The van der Waals surface area contributed by atoms with Crippen LogP contribution in [0.5, 0.6) is 0 Å². The molecule has 0 aliphatic heterocycles. The highest BCUT2D eigenvalue weighted by molar-refractivity contribution is 8.03. The van der Waals surface area contributed by atoms with Crippen LogP contribution in [0.4, 0.5) is 0 Å². The maximum absolute atomic E-state index is 10.7. The summed E-state index contributed by atoms with van der Waals surface area (Å²) in [6.07, 6.45) is 9.90. The van der Waals surface area contributed by atoms with Crippen LogP contribution in [0.15, 0.2) is 88.4 Å². The van der Waals surface area contributed by atoms with Gasteiger partial charge in [0.2, 0.25) is 0 Å². The Morgan fingerprint density at radius 2 is 1.68 bits per heavy atom. The fourth-order valence-electron chi connectivity index (χ4n) is 3.47. The summed E-state index contributed by atoms with van der Waals surface area (Å²) in [6, 6.07) is 7.94. The van der Waals surface area contributed by atoms with Crippen LogP contribution in [0.25, 0.3) is 0 Å². The number of likely N-dealkylation sites (N-methyl/N-ethyl adjacent to an activating group) is 2. The van der Waals surface area contributed by atoms with Crippen LogP contribution in [-0.2, 0) is 4.79 Å². The Morgan fingerprint density at radius 1 is 1.10 bits per heavy atom. The number of thioether (sulfide) groups is 1. The van der Waals surface area contributed by atoms with E-state index in [2.05, 4.69) is 64.9 Å². The Bertz CT molecular complexity index is 938. The van der Waals surface area contributed by atoms with E-state index in [-0.39, 0.29) is 0 Å². The summed E-state index contributed by atoms with van der Waals surface area (Å²) >= 11 is 1.56. The first-order valence-electron chi connectivity index (χ1n) is 14.5. The second-order valence-corrected chi connectivity index (χ2v) is 10.5. The fraction of sp³-hybridized carbons (Fsp3) is 0.486. The standard InChI is InChI=1S/C19H23NOS.C11H24N2.C3H6.C2H6/c1-5-16(11-10-15(4)13-21)22-19-9-7-6-8-17(19)18(20)12-14(2)3;1-6-11(10(3)4)13(7-2)9-8-12-5;1-3-2;1-2/h5-11,13-14,20H,1,12H2,2-4H3;12H,6-9H2,1-5H3;3H,1H2,2H3;1-2H3/b15-10+,16-11+,20-18?;;;. The topological polar surface area (TPSA) is 56.2 Å². The van der Waals surface area contributed by atoms with Crippen LogP contribution < -0.4 is 5.32 Å². The molecular weight excluding hydrogens is 510 g/mol. The van der Waals surface area contributed by atoms with E-state index in [0.29, 0.717) is 17.2 Å². The molecule has 40 heavy (non-hydrogen) atoms. The van der Waals surface area contributed by atoms with Crippen molar-refractivity contribution < 1.29 is 4.79 Å². The average Bonchev–Trinajstić information content (AvgIpc) is 2.94. The van der Waals surface area contributed by atoms with Crippen molar-refractivity contribution in [3.63, 3.8) is 0 Å². The minimum Gasteiger partial charge on any atom is -0.374 e. The van der Waals surface area contributed by atoms with E-state index in [0.717, 1.165) is 54.1 Å². The highest BCUT2D eigenvalue weighted by Gasteiger charge is 2.10. The van der Waals surface area contributed by atoms with Gasteiger partial charge in [-0.3, -0.25) is 4.79 Å². The smallest absolute Gasteiger partial charge is 0.145 e. The SMILES string of the molecule is C=C/C(=C\C=C(/C)C=O)Sc1ccccc1C(=N)CC(C)C.C=CC.CC.CCC(=C(C)C)N(CC)CCNC. The fourth-order valence-corrected chi connectivity index (χ4v) is 4.39. The van der Waals surface area contributed by atoms with E-state index in [1.807, 2.05) is 58.2 Å². The van der Waals surface area contributed by atoms with Crippen molar-refractivity contribution in [3.8, 4) is 0 Å². The summed E-state index contributed by atoms with van der Waals surface area (Å²) in [5.41, 5.74) is 5.23. The van der Waals surface area contributed by atoms with Gasteiger partial charge in [-0.25, -0.2) is 0 Å². The predicted molar refractivity (Wildman–Crippen MR) is 184 cm³/mol. The Hall–Kier alpha value is -2.63. The molecular formula is C35H59N3OS. The molecule has 0 heterocycles. The van der Waals surface area contributed by atoms with Gasteiger partial charge in [0.15, 0.2) is 0 Å². The molecule has 0 amide bonds. The van der Waals surface area contributed by atoms with Crippen LogP contribution >= 0.6 is 11.8 Å². The number of rotatable bonds is 14. The van der Waals surface area contributed by atoms with Gasteiger partial charge in [0, 0.05) is 46.4 Å². The van der Waals surface area contributed by atoms with E-state index >= 15 is 0 Å². The molecule has 0 fully saturated rings. The second-order valence-electron chi connectivity index (χ2n) is 9.37. The van der Waals surface area contributed by atoms with Gasteiger partial charge in [-0.15, -0.1) is 6.58 Å². The molecule has 5 heteroatoms. The van der Waals surface area contributed by atoms with Gasteiger partial charge >= 0.3 is 0 Å². The number of benzene rings is 1. The molecule has 226 valence electrons. The quantitative estimate of drug-likeness (QED) is 0.0584. The molecule has 0 atom stereocenters. The number of hydrogen-bond donors (Lipinski definition) is 2. The average molecular weight is 570 g/mol. The molecule has 0 spiro atoms. The minimum absolute atomic E-state index is 0.457. The molecule has 0 bridgehead atoms. The summed E-state index contributed by atoms with van der Waals surface area (Å²) in [7, 11) is 2.00. The van der Waals surface area contributed by atoms with Crippen molar-refractivity contribution in [2.75, 3.05) is 26.7 Å². The Labute approximate surface area is 252 Å². The Kier molecular flexibility index (Phi) is 29.2. The normalized spacial score (nSPS) is 10.5. The van der Waals surface area contributed by atoms with E-state index in [9.17, 15) is 4.79 Å². The van der Waals surface area contributed by atoms with Gasteiger partial charge in [0.1, 0.15) is 6.29 Å². The number of carbonyl (C=O) groups is 1. The molecule has 0 aliphatic rings. The number of carbonyl (C=O) groups excluding carboxylic acids is 1. The Morgan fingerprint density at radius 3 is 2.10 bits per heavy atom. The molecule has 0 unspecified atom stereocenters. The molecule has 0 aromatic heterocycles. The monoisotopic (exact) mass is 569 g/mol. The highest BCUT2D eigenvalue weighted by atomic mass is 32.2. The van der Waals surface area contributed by atoms with E-state index in [1.165, 1.54) is 11.3 Å². The molecule has 2 N–H and O–H groups in total. The van der Waals surface area contributed by atoms with E-state index in [4.69, 9.17) is 5.41 Å². The largest absolute Gasteiger partial charge is 0.374 e. The van der Waals surface area contributed by atoms with Crippen molar-refractivity contribution in [1.29, 1.82) is 5.41 Å². The number of allylic oxidation sites excluding steroid dienone is 7. The van der Waals surface area contributed by atoms with Crippen LogP contribution in [0, 0.1) is 11.3 Å². The maximum Gasteiger partial charge on any atom is 0.145 e. The van der Waals surface area contributed by atoms with Crippen molar-refractivity contribution in [2.45, 2.75) is 87.0 Å². The predicted octanol–water partition coefficient (Wildman–Crippen LogP) is 9.86. The van der Waals surface area contributed by atoms with Gasteiger partial charge < -0.3 is 15.6 Å². The van der Waals surface area contributed by atoms with Crippen LogP contribution in [-0.4, -0.2) is 43.6 Å². The summed E-state index contributed by atoms with van der Waals surface area (Å²) in [6.45, 7) is 31.2. The highest BCUT2D eigenvalue weighted by Crippen LogP contribution is 2.31. The molecule has 0 saturated carbocycles. The molecule has 1 aromatic carbocycles. The number of nitrogens with zero attached hydrogens (tertiary/aromatic N) is 1. The summed E-state index contributed by atoms with van der Waals surface area (Å²) < 4.78 is 0.